The highest BCUT2D eigenvalue weighted by atomic mass is 16.5. The third-order valence-corrected chi connectivity index (χ3v) is 6.12. The molecule has 7 heteroatoms. The van der Waals surface area contributed by atoms with Gasteiger partial charge in [0.25, 0.3) is 0 Å². The number of hydrogen-bond donors (Lipinski definition) is 1. The zero-order valence-electron chi connectivity index (χ0n) is 18.4. The van der Waals surface area contributed by atoms with Crippen LogP contribution in [0.2, 0.25) is 0 Å². The van der Waals surface area contributed by atoms with Gasteiger partial charge in [-0.2, -0.15) is 0 Å². The van der Waals surface area contributed by atoms with Crippen molar-refractivity contribution in [3.05, 3.63) is 41.7 Å². The Bertz CT molecular complexity index is 1120. The summed E-state index contributed by atoms with van der Waals surface area (Å²) in [5.74, 6) is 0.894. The zero-order chi connectivity index (χ0) is 21.6. The predicted molar refractivity (Wildman–Crippen MR) is 121 cm³/mol. The summed E-state index contributed by atoms with van der Waals surface area (Å²) in [7, 11) is 0. The number of para-hydroxylation sites is 1. The minimum atomic E-state index is -0.406. The Morgan fingerprint density at radius 2 is 1.87 bits per heavy atom. The molecule has 0 aliphatic carbocycles. The molecule has 0 spiro atoms. The lowest BCUT2D eigenvalue weighted by atomic mass is 9.92. The molecule has 1 N–H and O–H groups in total. The number of amides is 1. The van der Waals surface area contributed by atoms with E-state index >= 15 is 0 Å². The van der Waals surface area contributed by atoms with E-state index in [0.29, 0.717) is 26.3 Å². The van der Waals surface area contributed by atoms with Crippen LogP contribution >= 0.6 is 0 Å². The lowest BCUT2D eigenvalue weighted by Crippen LogP contribution is -2.43. The summed E-state index contributed by atoms with van der Waals surface area (Å²) in [6.45, 7) is 10.0. The number of benzene rings is 1. The van der Waals surface area contributed by atoms with E-state index in [1.807, 2.05) is 37.9 Å². The van der Waals surface area contributed by atoms with Crippen molar-refractivity contribution in [2.45, 2.75) is 33.7 Å². The first-order chi connectivity index (χ1) is 14.9. The van der Waals surface area contributed by atoms with Crippen LogP contribution in [-0.4, -0.2) is 58.6 Å². The van der Waals surface area contributed by atoms with Crippen LogP contribution in [0.3, 0.4) is 0 Å². The van der Waals surface area contributed by atoms with Gasteiger partial charge in [-0.15, -0.1) is 0 Å². The van der Waals surface area contributed by atoms with Crippen molar-refractivity contribution in [3.63, 3.8) is 0 Å². The standard InChI is InChI=1S/C24H29N5O2/c1-24(2,3)22(30)29-9-8-17-20(15-29)26-23(28-10-12-31-13-11-28)27-21(17)18-14-25-19-7-5-4-6-16(18)19/h4-7,14,25H,8-13,15H2,1-3H3. The Morgan fingerprint density at radius 3 is 2.65 bits per heavy atom. The summed E-state index contributed by atoms with van der Waals surface area (Å²) in [5.41, 5.74) is 4.88. The van der Waals surface area contributed by atoms with E-state index in [9.17, 15) is 4.79 Å². The van der Waals surface area contributed by atoms with E-state index < -0.39 is 5.41 Å². The molecule has 3 aromatic rings. The Kier molecular flexibility index (Phi) is 4.93. The van der Waals surface area contributed by atoms with Crippen LogP contribution in [0.15, 0.2) is 30.5 Å². The summed E-state index contributed by atoms with van der Waals surface area (Å²) in [5, 5.41) is 1.16. The SMILES string of the molecule is CC(C)(C)C(=O)N1CCc2c(nc(N3CCOCC3)nc2-c2c[nH]c3ccccc23)C1. The third kappa shape index (κ3) is 3.67. The molecule has 0 unspecified atom stereocenters. The Labute approximate surface area is 182 Å². The Morgan fingerprint density at radius 1 is 1.10 bits per heavy atom. The second kappa shape index (κ2) is 7.64. The number of carbonyl (C=O) groups is 1. The van der Waals surface area contributed by atoms with E-state index in [4.69, 9.17) is 14.7 Å². The molecule has 2 aromatic heterocycles. The molecule has 1 saturated heterocycles. The Hall–Kier alpha value is -2.93. The number of ether oxygens (including phenoxy) is 1. The molecular formula is C24H29N5O2. The molecule has 7 nitrogen and oxygen atoms in total. The fourth-order valence-electron chi connectivity index (χ4n) is 4.46. The zero-order valence-corrected chi connectivity index (χ0v) is 18.4. The molecule has 31 heavy (non-hydrogen) atoms. The lowest BCUT2D eigenvalue weighted by molar-refractivity contribution is -0.140. The van der Waals surface area contributed by atoms with Gasteiger partial charge in [0, 0.05) is 53.3 Å². The van der Waals surface area contributed by atoms with Crippen molar-refractivity contribution in [2.24, 2.45) is 5.41 Å². The first kappa shape index (κ1) is 20.0. The number of nitrogens with zero attached hydrogens (tertiary/aromatic N) is 4. The van der Waals surface area contributed by atoms with Gasteiger partial charge in [0.05, 0.1) is 31.1 Å². The van der Waals surface area contributed by atoms with Crippen LogP contribution in [0.5, 0.6) is 0 Å². The van der Waals surface area contributed by atoms with Gasteiger partial charge >= 0.3 is 0 Å². The van der Waals surface area contributed by atoms with Crippen molar-refractivity contribution in [1.82, 2.24) is 19.9 Å². The largest absolute Gasteiger partial charge is 0.378 e. The average molecular weight is 420 g/mol. The van der Waals surface area contributed by atoms with Gasteiger partial charge in [0.2, 0.25) is 11.9 Å². The molecule has 1 aromatic carbocycles. The van der Waals surface area contributed by atoms with E-state index in [2.05, 4.69) is 28.1 Å². The number of H-pyrrole nitrogens is 1. The van der Waals surface area contributed by atoms with E-state index in [1.165, 1.54) is 0 Å². The number of fused-ring (bicyclic) bond motifs is 2. The quantitative estimate of drug-likeness (QED) is 0.689. The molecule has 2 aliphatic heterocycles. The van der Waals surface area contributed by atoms with Crippen LogP contribution in [0.4, 0.5) is 5.95 Å². The summed E-state index contributed by atoms with van der Waals surface area (Å²) in [6.07, 6.45) is 2.80. The van der Waals surface area contributed by atoms with Crippen molar-refractivity contribution < 1.29 is 9.53 Å². The molecule has 162 valence electrons. The van der Waals surface area contributed by atoms with Crippen LogP contribution in [0.1, 0.15) is 32.0 Å². The van der Waals surface area contributed by atoms with Gasteiger partial charge < -0.3 is 19.5 Å². The minimum Gasteiger partial charge on any atom is -0.378 e. The third-order valence-electron chi connectivity index (χ3n) is 6.12. The molecule has 1 fully saturated rings. The smallest absolute Gasteiger partial charge is 0.228 e. The second-order valence-corrected chi connectivity index (χ2v) is 9.37. The fraction of sp³-hybridized carbons (Fsp3) is 0.458. The highest BCUT2D eigenvalue weighted by molar-refractivity contribution is 5.95. The highest BCUT2D eigenvalue weighted by Crippen LogP contribution is 2.35. The van der Waals surface area contributed by atoms with Gasteiger partial charge in [0.15, 0.2) is 0 Å². The maximum Gasteiger partial charge on any atom is 0.228 e. The van der Waals surface area contributed by atoms with Gasteiger partial charge in [-0.25, -0.2) is 9.97 Å². The van der Waals surface area contributed by atoms with Crippen LogP contribution < -0.4 is 4.90 Å². The first-order valence-electron chi connectivity index (χ1n) is 11.0. The molecular weight excluding hydrogens is 390 g/mol. The van der Waals surface area contributed by atoms with Gasteiger partial charge in [-0.3, -0.25) is 4.79 Å². The number of morpholine rings is 1. The van der Waals surface area contributed by atoms with Crippen molar-refractivity contribution in [3.8, 4) is 11.3 Å². The topological polar surface area (TPSA) is 74.3 Å². The number of anilines is 1. The second-order valence-electron chi connectivity index (χ2n) is 9.37. The van der Waals surface area contributed by atoms with Crippen molar-refractivity contribution in [2.75, 3.05) is 37.7 Å². The number of aromatic nitrogens is 3. The molecule has 0 bridgehead atoms. The maximum absolute atomic E-state index is 13.0. The van der Waals surface area contributed by atoms with Gasteiger partial charge in [0.1, 0.15) is 0 Å². The van der Waals surface area contributed by atoms with Gasteiger partial charge in [-0.1, -0.05) is 39.0 Å². The van der Waals surface area contributed by atoms with Crippen LogP contribution in [-0.2, 0) is 22.5 Å². The molecule has 5 rings (SSSR count). The van der Waals surface area contributed by atoms with E-state index in [0.717, 1.165) is 58.9 Å². The molecule has 2 aliphatic rings. The first-order valence-corrected chi connectivity index (χ1v) is 11.0. The van der Waals surface area contributed by atoms with Crippen molar-refractivity contribution in [1.29, 1.82) is 0 Å². The monoisotopic (exact) mass is 419 g/mol. The van der Waals surface area contributed by atoms with Crippen LogP contribution in [0, 0.1) is 5.41 Å². The number of aromatic amines is 1. The van der Waals surface area contributed by atoms with Gasteiger partial charge in [-0.05, 0) is 12.5 Å². The van der Waals surface area contributed by atoms with Crippen molar-refractivity contribution >= 4 is 22.8 Å². The minimum absolute atomic E-state index is 0.165. The number of hydrogen-bond acceptors (Lipinski definition) is 5. The summed E-state index contributed by atoms with van der Waals surface area (Å²) in [4.78, 5) is 30.5. The van der Waals surface area contributed by atoms with E-state index in [-0.39, 0.29) is 5.91 Å². The fourth-order valence-corrected chi connectivity index (χ4v) is 4.46. The number of carbonyl (C=O) groups excluding carboxylic acids is 1. The average Bonchev–Trinajstić information content (AvgIpc) is 3.21. The molecule has 1 amide bonds. The molecule has 0 radical (unpaired) electrons. The maximum atomic E-state index is 13.0. The predicted octanol–water partition coefficient (Wildman–Crippen LogP) is 3.39. The molecule has 0 saturated carbocycles. The highest BCUT2D eigenvalue weighted by Gasteiger charge is 2.32. The normalized spacial score (nSPS) is 17.1. The number of rotatable bonds is 2. The lowest BCUT2D eigenvalue weighted by Gasteiger charge is -2.34. The van der Waals surface area contributed by atoms with Crippen LogP contribution in [0.25, 0.3) is 22.2 Å². The summed E-state index contributed by atoms with van der Waals surface area (Å²) in [6, 6.07) is 8.30. The summed E-state index contributed by atoms with van der Waals surface area (Å²) >= 11 is 0. The van der Waals surface area contributed by atoms with E-state index in [1.54, 1.807) is 0 Å². The molecule has 4 heterocycles. The Balaban J connectivity index is 1.62. The molecule has 0 atom stereocenters. The number of nitrogens with one attached hydrogen (secondary N) is 1. The summed E-state index contributed by atoms with van der Waals surface area (Å²) < 4.78 is 5.52.